The molecule has 1 aromatic carbocycles. The molecule has 0 atom stereocenters. The first-order chi connectivity index (χ1) is 11.2. The number of hydrogen-bond donors (Lipinski definition) is 2. The van der Waals surface area contributed by atoms with Crippen LogP contribution in [0.2, 0.25) is 5.02 Å². The van der Waals surface area contributed by atoms with Crippen molar-refractivity contribution < 1.29 is 5.11 Å². The molecule has 1 aliphatic carbocycles. The number of aliphatic hydroxyl groups is 1. The van der Waals surface area contributed by atoms with Gasteiger partial charge in [0.25, 0.3) is 0 Å². The van der Waals surface area contributed by atoms with Crippen LogP contribution in [0.15, 0.2) is 24.3 Å². The Balaban J connectivity index is 1.40. The summed E-state index contributed by atoms with van der Waals surface area (Å²) in [5, 5.41) is 14.0. The number of nitrogens with zero attached hydrogens (tertiary/aromatic N) is 1. The van der Waals surface area contributed by atoms with Gasteiger partial charge in [0.2, 0.25) is 0 Å². The molecule has 0 unspecified atom stereocenters. The van der Waals surface area contributed by atoms with Gasteiger partial charge in [0.15, 0.2) is 0 Å². The van der Waals surface area contributed by atoms with Crippen LogP contribution in [0.4, 0.5) is 0 Å². The Morgan fingerprint density at radius 3 is 2.30 bits per heavy atom. The molecule has 0 spiro atoms. The first kappa shape index (κ1) is 17.2. The summed E-state index contributed by atoms with van der Waals surface area (Å²) in [4.78, 5) is 2.52. The van der Waals surface area contributed by atoms with Crippen molar-refractivity contribution in [3.05, 3.63) is 34.9 Å². The molecule has 2 fully saturated rings. The smallest absolute Gasteiger partial charge is 0.0459 e. The van der Waals surface area contributed by atoms with Crippen molar-refractivity contribution in [2.75, 3.05) is 19.7 Å². The average molecular weight is 337 g/mol. The molecule has 1 aromatic rings. The van der Waals surface area contributed by atoms with E-state index in [-0.39, 0.29) is 0 Å². The zero-order chi connectivity index (χ0) is 16.1. The molecule has 1 saturated heterocycles. The fourth-order valence-electron chi connectivity index (χ4n) is 3.97. The van der Waals surface area contributed by atoms with E-state index in [1.807, 2.05) is 12.1 Å². The third-order valence-corrected chi connectivity index (χ3v) is 5.88. The highest BCUT2D eigenvalue weighted by Gasteiger charge is 2.25. The molecular weight excluding hydrogens is 308 g/mol. The van der Waals surface area contributed by atoms with Crippen molar-refractivity contribution in [3.63, 3.8) is 0 Å². The number of nitrogens with one attached hydrogen (secondary N) is 1. The van der Waals surface area contributed by atoms with Crippen LogP contribution in [0, 0.1) is 5.92 Å². The Kier molecular flexibility index (Phi) is 6.35. The van der Waals surface area contributed by atoms with Crippen LogP contribution in [-0.2, 0) is 6.54 Å². The molecule has 4 heteroatoms. The predicted octanol–water partition coefficient (Wildman–Crippen LogP) is 3.45. The maximum Gasteiger partial charge on any atom is 0.0459 e. The molecule has 1 heterocycles. The van der Waals surface area contributed by atoms with Gasteiger partial charge in [-0.2, -0.15) is 0 Å². The summed E-state index contributed by atoms with van der Waals surface area (Å²) in [5.74, 6) is 0.547. The summed E-state index contributed by atoms with van der Waals surface area (Å²) in [6, 6.07) is 9.50. The standard InChI is InChI=1S/C19H29ClN2O/c20-19-4-2-1-3-16(19)13-22-11-9-18(10-12-22)21-17-7-5-15(14-23)6-8-17/h1-4,15,17-18,21,23H,5-14H2. The molecule has 2 aliphatic rings. The Hall–Kier alpha value is -0.610. The van der Waals surface area contributed by atoms with Gasteiger partial charge in [0, 0.05) is 30.3 Å². The zero-order valence-corrected chi connectivity index (χ0v) is 14.6. The van der Waals surface area contributed by atoms with E-state index in [2.05, 4.69) is 22.3 Å². The van der Waals surface area contributed by atoms with E-state index in [0.29, 0.717) is 24.6 Å². The summed E-state index contributed by atoms with van der Waals surface area (Å²) in [6.07, 6.45) is 7.27. The van der Waals surface area contributed by atoms with Crippen molar-refractivity contribution >= 4 is 11.6 Å². The van der Waals surface area contributed by atoms with Crippen LogP contribution in [0.5, 0.6) is 0 Å². The van der Waals surface area contributed by atoms with Gasteiger partial charge in [0.1, 0.15) is 0 Å². The highest BCUT2D eigenvalue weighted by Crippen LogP contribution is 2.25. The van der Waals surface area contributed by atoms with Gasteiger partial charge >= 0.3 is 0 Å². The molecule has 1 aliphatic heterocycles. The Labute approximate surface area is 145 Å². The molecule has 2 N–H and O–H groups in total. The van der Waals surface area contributed by atoms with E-state index in [4.69, 9.17) is 11.6 Å². The molecule has 1 saturated carbocycles. The number of likely N-dealkylation sites (tertiary alicyclic amines) is 1. The van der Waals surface area contributed by atoms with Gasteiger partial charge in [-0.1, -0.05) is 29.8 Å². The van der Waals surface area contributed by atoms with E-state index in [9.17, 15) is 5.11 Å². The molecule has 0 bridgehead atoms. The lowest BCUT2D eigenvalue weighted by Gasteiger charge is -2.36. The van der Waals surface area contributed by atoms with E-state index < -0.39 is 0 Å². The first-order valence-electron chi connectivity index (χ1n) is 9.07. The number of rotatable bonds is 5. The van der Waals surface area contributed by atoms with Crippen LogP contribution < -0.4 is 5.32 Å². The minimum Gasteiger partial charge on any atom is -0.396 e. The van der Waals surface area contributed by atoms with Crippen LogP contribution in [0.25, 0.3) is 0 Å². The molecule has 0 radical (unpaired) electrons. The maximum absolute atomic E-state index is 9.23. The third-order valence-electron chi connectivity index (χ3n) is 5.52. The summed E-state index contributed by atoms with van der Waals surface area (Å²) in [5.41, 5.74) is 1.24. The second kappa shape index (κ2) is 8.48. The molecule has 23 heavy (non-hydrogen) atoms. The summed E-state index contributed by atoms with van der Waals surface area (Å²) < 4.78 is 0. The van der Waals surface area contributed by atoms with E-state index in [0.717, 1.165) is 24.7 Å². The Morgan fingerprint density at radius 1 is 1.00 bits per heavy atom. The van der Waals surface area contributed by atoms with E-state index in [1.165, 1.54) is 44.1 Å². The lowest BCUT2D eigenvalue weighted by Crippen LogP contribution is -2.47. The van der Waals surface area contributed by atoms with Gasteiger partial charge in [-0.15, -0.1) is 0 Å². The minimum atomic E-state index is 0.368. The topological polar surface area (TPSA) is 35.5 Å². The van der Waals surface area contributed by atoms with Gasteiger partial charge in [-0.25, -0.2) is 0 Å². The largest absolute Gasteiger partial charge is 0.396 e. The highest BCUT2D eigenvalue weighted by atomic mass is 35.5. The molecule has 3 rings (SSSR count). The second-order valence-electron chi connectivity index (χ2n) is 7.21. The second-order valence-corrected chi connectivity index (χ2v) is 7.62. The van der Waals surface area contributed by atoms with Crippen LogP contribution >= 0.6 is 11.6 Å². The van der Waals surface area contributed by atoms with Crippen molar-refractivity contribution in [2.45, 2.75) is 57.2 Å². The molecular formula is C19H29ClN2O. The number of hydrogen-bond acceptors (Lipinski definition) is 3. The van der Waals surface area contributed by atoms with E-state index >= 15 is 0 Å². The lowest BCUT2D eigenvalue weighted by molar-refractivity contribution is 0.152. The van der Waals surface area contributed by atoms with E-state index in [1.54, 1.807) is 0 Å². The molecule has 128 valence electrons. The first-order valence-corrected chi connectivity index (χ1v) is 9.45. The monoisotopic (exact) mass is 336 g/mol. The molecule has 3 nitrogen and oxygen atoms in total. The number of piperidine rings is 1. The minimum absolute atomic E-state index is 0.368. The van der Waals surface area contributed by atoms with Crippen molar-refractivity contribution in [1.29, 1.82) is 0 Å². The SMILES string of the molecule is OCC1CCC(NC2CCN(Cc3ccccc3Cl)CC2)CC1. The fraction of sp³-hybridized carbons (Fsp3) is 0.684. The van der Waals surface area contributed by atoms with Crippen LogP contribution in [0.1, 0.15) is 44.1 Å². The van der Waals surface area contributed by atoms with Crippen LogP contribution in [-0.4, -0.2) is 41.8 Å². The van der Waals surface area contributed by atoms with Gasteiger partial charge < -0.3 is 10.4 Å². The zero-order valence-electron chi connectivity index (χ0n) is 13.9. The molecule has 0 aromatic heterocycles. The average Bonchev–Trinajstić information content (AvgIpc) is 2.59. The van der Waals surface area contributed by atoms with Gasteiger partial charge in [-0.05, 0) is 69.2 Å². The van der Waals surface area contributed by atoms with Crippen molar-refractivity contribution in [1.82, 2.24) is 10.2 Å². The quantitative estimate of drug-likeness (QED) is 0.864. The highest BCUT2D eigenvalue weighted by molar-refractivity contribution is 6.31. The summed E-state index contributed by atoms with van der Waals surface area (Å²) in [7, 11) is 0. The predicted molar refractivity (Wildman–Crippen MR) is 95.7 cm³/mol. The Bertz CT molecular complexity index is 480. The van der Waals surface area contributed by atoms with Crippen molar-refractivity contribution in [2.24, 2.45) is 5.92 Å². The maximum atomic E-state index is 9.23. The number of halogens is 1. The van der Waals surface area contributed by atoms with Gasteiger partial charge in [0.05, 0.1) is 0 Å². The Morgan fingerprint density at radius 2 is 1.65 bits per heavy atom. The third kappa shape index (κ3) is 4.93. The molecule has 0 amide bonds. The normalized spacial score (nSPS) is 27.2. The van der Waals surface area contributed by atoms with Crippen molar-refractivity contribution in [3.8, 4) is 0 Å². The van der Waals surface area contributed by atoms with Gasteiger partial charge in [-0.3, -0.25) is 4.90 Å². The fourth-order valence-corrected chi connectivity index (χ4v) is 4.17. The summed E-state index contributed by atoms with van der Waals surface area (Å²) >= 11 is 6.27. The van der Waals surface area contributed by atoms with Crippen LogP contribution in [0.3, 0.4) is 0 Å². The lowest BCUT2D eigenvalue weighted by atomic mass is 9.86. The number of benzene rings is 1. The number of aliphatic hydroxyl groups excluding tert-OH is 1. The summed E-state index contributed by atoms with van der Waals surface area (Å²) in [6.45, 7) is 3.63.